The highest BCUT2D eigenvalue weighted by Crippen LogP contribution is 2.47. The molecule has 0 aromatic carbocycles. The summed E-state index contributed by atoms with van der Waals surface area (Å²) in [6.45, 7) is 17.7. The minimum atomic E-state index is -1.84. The first-order valence-electron chi connectivity index (χ1n) is 23.8. The summed E-state index contributed by atoms with van der Waals surface area (Å²) in [5.74, 6) is -2.75. The predicted octanol–water partition coefficient (Wildman–Crippen LogP) is 5.52. The lowest BCUT2D eigenvalue weighted by Gasteiger charge is -2.48. The van der Waals surface area contributed by atoms with E-state index in [1.54, 1.807) is 33.3 Å². The first-order valence-corrected chi connectivity index (χ1v) is 23.8. The largest absolute Gasteiger partial charge is 0.462 e. The average Bonchev–Trinajstić information content (AvgIpc) is 3.61. The Labute approximate surface area is 385 Å². The zero-order valence-electron chi connectivity index (χ0n) is 40.2. The van der Waals surface area contributed by atoms with E-state index >= 15 is 0 Å². The van der Waals surface area contributed by atoms with Gasteiger partial charge < -0.3 is 62.9 Å². The summed E-state index contributed by atoms with van der Waals surface area (Å²) in [6, 6.07) is -0.315. The molecule has 0 saturated carbocycles. The molecule has 4 saturated heterocycles. The van der Waals surface area contributed by atoms with E-state index < -0.39 is 84.7 Å². The molecule has 2 bridgehead atoms. The van der Waals surface area contributed by atoms with Crippen LogP contribution in [0.25, 0.3) is 0 Å². The number of ether oxygens (including phenoxy) is 10. The van der Waals surface area contributed by atoms with Gasteiger partial charge in [-0.1, -0.05) is 70.6 Å². The van der Waals surface area contributed by atoms with Crippen LogP contribution in [0.3, 0.4) is 0 Å². The molecular weight excluding hydrogens is 839 g/mol. The Morgan fingerprint density at radius 3 is 2.35 bits per heavy atom. The van der Waals surface area contributed by atoms with Gasteiger partial charge >= 0.3 is 5.97 Å². The third-order valence-electron chi connectivity index (χ3n) is 14.9. The van der Waals surface area contributed by atoms with Crippen LogP contribution >= 0.6 is 0 Å². The highest BCUT2D eigenvalue weighted by molar-refractivity contribution is 5.78. The molecule has 15 heteroatoms. The minimum absolute atomic E-state index is 0.0270. The Balaban J connectivity index is 1.16. The Hall–Kier alpha value is -2.80. The molecule has 0 radical (unpaired) electrons. The van der Waals surface area contributed by atoms with E-state index in [1.165, 1.54) is 6.92 Å². The van der Waals surface area contributed by atoms with Gasteiger partial charge in [-0.2, -0.15) is 0 Å². The molecule has 1 spiro atoms. The average molecular weight is 914 g/mol. The van der Waals surface area contributed by atoms with Crippen LogP contribution in [-0.4, -0.2) is 140 Å². The minimum Gasteiger partial charge on any atom is -0.462 e. The van der Waals surface area contributed by atoms with Gasteiger partial charge in [0.1, 0.15) is 35.9 Å². The molecule has 65 heavy (non-hydrogen) atoms. The molecule has 7 rings (SSSR count). The van der Waals surface area contributed by atoms with Gasteiger partial charge in [-0.15, -0.1) is 0 Å². The van der Waals surface area contributed by atoms with Crippen LogP contribution in [0, 0.1) is 23.7 Å². The number of aliphatic hydroxyl groups is 2. The molecule has 6 aliphatic heterocycles. The Morgan fingerprint density at radius 2 is 1.65 bits per heavy atom. The Kier molecular flexibility index (Phi) is 16.0. The molecule has 1 unspecified atom stereocenters. The highest BCUT2D eigenvalue weighted by atomic mass is 16.7. The smallest absolute Gasteiger partial charge is 0.316 e. The number of fused-ring (bicyclic) bond motifs is 2. The van der Waals surface area contributed by atoms with Gasteiger partial charge in [-0.25, -0.2) is 0 Å². The number of esters is 1. The fourth-order valence-electron chi connectivity index (χ4n) is 11.0. The van der Waals surface area contributed by atoms with Crippen LogP contribution in [0.4, 0.5) is 0 Å². The van der Waals surface area contributed by atoms with Gasteiger partial charge in [0.25, 0.3) is 0 Å². The number of hydrogen-bond donors (Lipinski definition) is 3. The van der Waals surface area contributed by atoms with Crippen molar-refractivity contribution in [3.8, 4) is 0 Å². The molecule has 0 aromatic rings. The van der Waals surface area contributed by atoms with Gasteiger partial charge in [0, 0.05) is 58.7 Å². The number of hydrogen-bond acceptors (Lipinski definition) is 14. The zero-order chi connectivity index (χ0) is 47.0. The maximum absolute atomic E-state index is 14.4. The third kappa shape index (κ3) is 10.6. The SMILES string of the molecule is CC[C@H](C)C1O[C@]2(C=C[C@@H]1C)C[C@@H]1C[C@@H](C/C=C(\C)[C@@H](O[C@H]3C[C@H](OC)[C@@H](O[C@H]4C[C@H](OC)[C@H](NC(C)=O)[C@H](C)O4)[C@H](C)O3)[C@@H](C)/C=C/C=C3\CO[C@@H]4[C@H](O)C(C)=C[C@@H](C(=O)O1)[C@]34O)O2. The molecule has 364 valence electrons. The van der Waals surface area contributed by atoms with E-state index in [4.69, 9.17) is 47.4 Å². The van der Waals surface area contributed by atoms with Crippen molar-refractivity contribution in [1.82, 2.24) is 5.32 Å². The van der Waals surface area contributed by atoms with Crippen molar-refractivity contribution in [3.63, 3.8) is 0 Å². The summed E-state index contributed by atoms with van der Waals surface area (Å²) >= 11 is 0. The first kappa shape index (κ1) is 50.1. The van der Waals surface area contributed by atoms with Crippen LogP contribution < -0.4 is 5.32 Å². The van der Waals surface area contributed by atoms with Gasteiger partial charge in [0.05, 0.1) is 55.4 Å². The molecule has 20 atom stereocenters. The molecule has 1 aliphatic carbocycles. The fraction of sp³-hybridized carbons (Fsp3) is 0.760. The van der Waals surface area contributed by atoms with E-state index in [0.717, 1.165) is 12.0 Å². The predicted molar refractivity (Wildman–Crippen MR) is 239 cm³/mol. The van der Waals surface area contributed by atoms with Crippen molar-refractivity contribution in [3.05, 3.63) is 59.3 Å². The van der Waals surface area contributed by atoms with Crippen LogP contribution in [-0.2, 0) is 57.0 Å². The third-order valence-corrected chi connectivity index (χ3v) is 14.9. The Bertz CT molecular complexity index is 1850. The van der Waals surface area contributed by atoms with Gasteiger partial charge in [0.2, 0.25) is 5.91 Å². The number of amides is 1. The maximum atomic E-state index is 14.4. The molecule has 4 fully saturated rings. The monoisotopic (exact) mass is 914 g/mol. The molecule has 1 amide bonds. The number of nitrogens with one attached hydrogen (secondary N) is 1. The number of rotatable bonds is 9. The lowest BCUT2D eigenvalue weighted by atomic mass is 9.71. The normalized spacial score (nSPS) is 47.3. The molecular formula is C50H75NO14. The number of carbonyl (C=O) groups is 2. The van der Waals surface area contributed by atoms with Gasteiger partial charge in [0.15, 0.2) is 18.4 Å². The number of methoxy groups -OCH3 is 2. The number of aliphatic hydroxyl groups excluding tert-OH is 1. The lowest BCUT2D eigenvalue weighted by molar-refractivity contribution is -0.311. The molecule has 15 nitrogen and oxygen atoms in total. The molecule has 3 N–H and O–H groups in total. The quantitative estimate of drug-likeness (QED) is 0.195. The fourth-order valence-corrected chi connectivity index (χ4v) is 11.0. The van der Waals surface area contributed by atoms with E-state index in [9.17, 15) is 19.8 Å². The van der Waals surface area contributed by atoms with Gasteiger partial charge in [-0.05, 0) is 62.8 Å². The lowest BCUT2D eigenvalue weighted by Crippen LogP contribution is -2.58. The molecule has 0 aromatic heterocycles. The van der Waals surface area contributed by atoms with Crippen molar-refractivity contribution < 1.29 is 67.2 Å². The van der Waals surface area contributed by atoms with E-state index in [2.05, 4.69) is 45.2 Å². The maximum Gasteiger partial charge on any atom is 0.316 e. The Morgan fingerprint density at radius 1 is 0.938 bits per heavy atom. The van der Waals surface area contributed by atoms with Crippen LogP contribution in [0.1, 0.15) is 101 Å². The standard InChI is InChI=1S/C50H75NO14/c1-12-26(2)45-29(5)18-19-49(65-45)24-36-21-35(64-49)17-16-28(4)44(27(3)14-13-15-34-25-58-47-43(53)30(6)20-37(48(54)61-36)50(34,47)55)62-41-23-39(57-11)46(32(8)60-41)63-40-22-38(56-10)42(31(7)59-40)51-33(9)52/h13-16,18-20,26-27,29,31-32,35-47,53,55H,12,17,21-25H2,1-11H3,(H,51,52)/b14-13+,28-16+,34-15+/t26-,27-,29-,31-,32-,35+,36-,37-,38-,39-,40-,41-,42+,43+,44-,45?,46-,47+,49+,50+/m0/s1. The summed E-state index contributed by atoms with van der Waals surface area (Å²) in [5, 5.41) is 26.7. The molecule has 7 aliphatic rings. The van der Waals surface area contributed by atoms with Crippen LogP contribution in [0.2, 0.25) is 0 Å². The second-order valence-corrected chi connectivity index (χ2v) is 19.7. The zero-order valence-corrected chi connectivity index (χ0v) is 40.2. The van der Waals surface area contributed by atoms with Crippen LogP contribution in [0.5, 0.6) is 0 Å². The van der Waals surface area contributed by atoms with Crippen molar-refractivity contribution >= 4 is 11.9 Å². The molecule has 6 heterocycles. The van der Waals surface area contributed by atoms with Crippen molar-refractivity contribution in [2.45, 2.75) is 198 Å². The van der Waals surface area contributed by atoms with E-state index in [-0.39, 0.29) is 61.0 Å². The summed E-state index contributed by atoms with van der Waals surface area (Å²) in [5.41, 5.74) is 0.116. The topological polar surface area (TPSA) is 179 Å². The summed E-state index contributed by atoms with van der Waals surface area (Å²) in [4.78, 5) is 26.3. The van der Waals surface area contributed by atoms with Gasteiger partial charge in [-0.3, -0.25) is 9.59 Å². The summed E-state index contributed by atoms with van der Waals surface area (Å²) < 4.78 is 64.4. The van der Waals surface area contributed by atoms with Crippen LogP contribution in [0.15, 0.2) is 59.3 Å². The van der Waals surface area contributed by atoms with E-state index in [0.29, 0.717) is 36.8 Å². The van der Waals surface area contributed by atoms with Crippen molar-refractivity contribution in [2.75, 3.05) is 20.8 Å². The second-order valence-electron chi connectivity index (χ2n) is 19.7. The highest BCUT2D eigenvalue weighted by Gasteiger charge is 2.60. The van der Waals surface area contributed by atoms with E-state index in [1.807, 2.05) is 39.0 Å². The summed E-state index contributed by atoms with van der Waals surface area (Å²) in [6.07, 6.45) is 9.46. The number of carbonyl (C=O) groups excluding carboxylic acids is 2. The van der Waals surface area contributed by atoms with Crippen molar-refractivity contribution in [2.24, 2.45) is 23.7 Å². The summed E-state index contributed by atoms with van der Waals surface area (Å²) in [7, 11) is 3.27. The second kappa shape index (κ2) is 20.8. The number of allylic oxidation sites excluding steroid dienone is 2. The van der Waals surface area contributed by atoms with Crippen molar-refractivity contribution in [1.29, 1.82) is 0 Å². The first-order chi connectivity index (χ1) is 30.9.